The monoisotopic (exact) mass is 418 g/mol. The van der Waals surface area contributed by atoms with Gasteiger partial charge in [0.05, 0.1) is 18.9 Å². The fraction of sp³-hybridized carbons (Fsp3) is 0.125. The molecule has 0 aromatic heterocycles. The minimum atomic E-state index is -0.415. The number of carbonyl (C=O) groups excluding carboxylic acids is 2. The highest BCUT2D eigenvalue weighted by Crippen LogP contribution is 2.25. The second-order valence-corrected chi connectivity index (χ2v) is 6.51. The third-order valence-electron chi connectivity index (χ3n) is 4.29. The van der Waals surface area contributed by atoms with Crippen molar-refractivity contribution >= 4 is 18.1 Å². The summed E-state index contributed by atoms with van der Waals surface area (Å²) >= 11 is 0. The molecule has 7 nitrogen and oxygen atoms in total. The largest absolute Gasteiger partial charge is 0.493 e. The first-order valence-corrected chi connectivity index (χ1v) is 9.52. The van der Waals surface area contributed by atoms with E-state index in [4.69, 9.17) is 14.2 Å². The van der Waals surface area contributed by atoms with Gasteiger partial charge in [0.1, 0.15) is 5.75 Å². The normalized spacial score (nSPS) is 10.5. The van der Waals surface area contributed by atoms with E-state index in [1.54, 1.807) is 54.6 Å². The SMILES string of the molecule is COc1ccccc1OCC(=O)NN=Cc1ccc(OC(=O)c2ccccc2C)cc1. The Kier molecular flexibility index (Phi) is 7.37. The number of nitrogens with zero attached hydrogens (tertiary/aromatic N) is 1. The van der Waals surface area contributed by atoms with Crippen LogP contribution in [0.5, 0.6) is 17.2 Å². The number of hydrogen-bond acceptors (Lipinski definition) is 6. The molecular weight excluding hydrogens is 396 g/mol. The number of hydrazone groups is 1. The van der Waals surface area contributed by atoms with Crippen LogP contribution in [0.1, 0.15) is 21.5 Å². The van der Waals surface area contributed by atoms with E-state index in [0.29, 0.717) is 22.8 Å². The molecule has 0 aliphatic rings. The van der Waals surface area contributed by atoms with Crippen LogP contribution in [0, 0.1) is 6.92 Å². The third kappa shape index (κ3) is 6.17. The van der Waals surface area contributed by atoms with Gasteiger partial charge < -0.3 is 14.2 Å². The molecule has 158 valence electrons. The number of benzene rings is 3. The van der Waals surface area contributed by atoms with Gasteiger partial charge in [0.2, 0.25) is 0 Å². The number of carbonyl (C=O) groups is 2. The molecule has 0 spiro atoms. The number of hydrogen-bond donors (Lipinski definition) is 1. The maximum absolute atomic E-state index is 12.3. The van der Waals surface area contributed by atoms with Crippen molar-refractivity contribution < 1.29 is 23.8 Å². The summed E-state index contributed by atoms with van der Waals surface area (Å²) in [6.07, 6.45) is 1.48. The van der Waals surface area contributed by atoms with Crippen LogP contribution in [0.25, 0.3) is 0 Å². The Morgan fingerprint density at radius 2 is 1.61 bits per heavy atom. The van der Waals surface area contributed by atoms with Gasteiger partial charge in [-0.2, -0.15) is 5.10 Å². The number of amides is 1. The summed E-state index contributed by atoms with van der Waals surface area (Å²) in [7, 11) is 1.53. The van der Waals surface area contributed by atoms with E-state index in [2.05, 4.69) is 10.5 Å². The Hall–Kier alpha value is -4.13. The third-order valence-corrected chi connectivity index (χ3v) is 4.29. The summed E-state index contributed by atoms with van der Waals surface area (Å²) in [6.45, 7) is 1.65. The first-order chi connectivity index (χ1) is 15.1. The molecule has 0 saturated heterocycles. The molecule has 3 rings (SSSR count). The van der Waals surface area contributed by atoms with Crippen LogP contribution >= 0.6 is 0 Å². The van der Waals surface area contributed by atoms with Gasteiger partial charge in [-0.25, -0.2) is 10.2 Å². The van der Waals surface area contributed by atoms with E-state index in [-0.39, 0.29) is 6.61 Å². The van der Waals surface area contributed by atoms with E-state index in [0.717, 1.165) is 11.1 Å². The predicted octanol–water partition coefficient (Wildman–Crippen LogP) is 3.75. The Balaban J connectivity index is 1.48. The Morgan fingerprint density at radius 1 is 0.935 bits per heavy atom. The van der Waals surface area contributed by atoms with Crippen molar-refractivity contribution in [3.63, 3.8) is 0 Å². The molecule has 0 aliphatic carbocycles. The number of methoxy groups -OCH3 is 1. The molecule has 0 heterocycles. The quantitative estimate of drug-likeness (QED) is 0.261. The van der Waals surface area contributed by atoms with Gasteiger partial charge in [0, 0.05) is 0 Å². The number of rotatable bonds is 8. The van der Waals surface area contributed by atoms with Gasteiger partial charge in [-0.05, 0) is 60.5 Å². The summed E-state index contributed by atoms with van der Waals surface area (Å²) in [5.41, 5.74) is 4.48. The van der Waals surface area contributed by atoms with Gasteiger partial charge in [-0.15, -0.1) is 0 Å². The van der Waals surface area contributed by atoms with Crippen LogP contribution in [0.2, 0.25) is 0 Å². The van der Waals surface area contributed by atoms with Crippen molar-refractivity contribution in [1.29, 1.82) is 0 Å². The van der Waals surface area contributed by atoms with Crippen molar-refractivity contribution in [2.24, 2.45) is 5.10 Å². The van der Waals surface area contributed by atoms with Crippen molar-refractivity contribution in [3.8, 4) is 17.2 Å². The second kappa shape index (κ2) is 10.6. The molecule has 0 atom stereocenters. The Bertz CT molecular complexity index is 1080. The molecule has 0 saturated carbocycles. The van der Waals surface area contributed by atoms with Gasteiger partial charge in [0.15, 0.2) is 18.1 Å². The van der Waals surface area contributed by atoms with Crippen molar-refractivity contribution in [2.45, 2.75) is 6.92 Å². The summed E-state index contributed by atoms with van der Waals surface area (Å²) in [5, 5.41) is 3.90. The molecule has 31 heavy (non-hydrogen) atoms. The molecule has 3 aromatic carbocycles. The van der Waals surface area contributed by atoms with E-state index in [9.17, 15) is 9.59 Å². The number of nitrogens with one attached hydrogen (secondary N) is 1. The molecule has 0 radical (unpaired) electrons. The molecule has 0 bridgehead atoms. The highest BCUT2D eigenvalue weighted by atomic mass is 16.5. The van der Waals surface area contributed by atoms with Crippen LogP contribution in [0.3, 0.4) is 0 Å². The topological polar surface area (TPSA) is 86.2 Å². The number of aryl methyl sites for hydroxylation is 1. The lowest BCUT2D eigenvalue weighted by Crippen LogP contribution is -2.24. The lowest BCUT2D eigenvalue weighted by molar-refractivity contribution is -0.123. The lowest BCUT2D eigenvalue weighted by Gasteiger charge is -2.09. The maximum atomic E-state index is 12.3. The molecule has 1 amide bonds. The fourth-order valence-corrected chi connectivity index (χ4v) is 2.68. The summed E-state index contributed by atoms with van der Waals surface area (Å²) in [6, 6.07) is 21.0. The minimum Gasteiger partial charge on any atom is -0.493 e. The van der Waals surface area contributed by atoms with Crippen molar-refractivity contribution in [1.82, 2.24) is 5.43 Å². The average Bonchev–Trinajstić information content (AvgIpc) is 2.79. The highest BCUT2D eigenvalue weighted by molar-refractivity contribution is 5.92. The first kappa shape index (κ1) is 21.6. The average molecular weight is 418 g/mol. The maximum Gasteiger partial charge on any atom is 0.343 e. The fourth-order valence-electron chi connectivity index (χ4n) is 2.68. The molecule has 7 heteroatoms. The van der Waals surface area contributed by atoms with Crippen LogP contribution in [0.4, 0.5) is 0 Å². The molecule has 0 aliphatic heterocycles. The minimum absolute atomic E-state index is 0.203. The van der Waals surface area contributed by atoms with Crippen LogP contribution in [-0.4, -0.2) is 31.8 Å². The van der Waals surface area contributed by atoms with Gasteiger partial charge in [0.25, 0.3) is 5.91 Å². The molecule has 3 aromatic rings. The zero-order valence-corrected chi connectivity index (χ0v) is 17.2. The molecular formula is C24H22N2O5. The molecule has 0 unspecified atom stereocenters. The van der Waals surface area contributed by atoms with E-state index < -0.39 is 11.9 Å². The van der Waals surface area contributed by atoms with E-state index in [1.165, 1.54) is 13.3 Å². The van der Waals surface area contributed by atoms with Crippen molar-refractivity contribution in [3.05, 3.63) is 89.5 Å². The van der Waals surface area contributed by atoms with E-state index >= 15 is 0 Å². The van der Waals surface area contributed by atoms with Crippen LogP contribution in [-0.2, 0) is 4.79 Å². The predicted molar refractivity (Wildman–Crippen MR) is 117 cm³/mol. The number of ether oxygens (including phenoxy) is 3. The Morgan fingerprint density at radius 3 is 2.32 bits per heavy atom. The van der Waals surface area contributed by atoms with Gasteiger partial charge in [-0.3, -0.25) is 4.79 Å². The standard InChI is InChI=1S/C24H22N2O5/c1-17-7-3-4-8-20(17)24(28)31-19-13-11-18(12-14-19)15-25-26-23(27)16-30-22-10-6-5-9-21(22)29-2/h3-15H,16H2,1-2H3,(H,26,27). The first-order valence-electron chi connectivity index (χ1n) is 9.52. The highest BCUT2D eigenvalue weighted by Gasteiger charge is 2.10. The lowest BCUT2D eigenvalue weighted by atomic mass is 10.1. The summed E-state index contributed by atoms with van der Waals surface area (Å²) < 4.78 is 16.0. The smallest absolute Gasteiger partial charge is 0.343 e. The second-order valence-electron chi connectivity index (χ2n) is 6.51. The number of esters is 1. The molecule has 0 fully saturated rings. The Labute approximate surface area is 180 Å². The van der Waals surface area contributed by atoms with Crippen LogP contribution in [0.15, 0.2) is 77.9 Å². The van der Waals surface area contributed by atoms with E-state index in [1.807, 2.05) is 25.1 Å². The summed E-state index contributed by atoms with van der Waals surface area (Å²) in [4.78, 5) is 24.2. The van der Waals surface area contributed by atoms with Crippen molar-refractivity contribution in [2.75, 3.05) is 13.7 Å². The van der Waals surface area contributed by atoms with Crippen LogP contribution < -0.4 is 19.6 Å². The zero-order valence-electron chi connectivity index (χ0n) is 17.2. The van der Waals surface area contributed by atoms with Gasteiger partial charge >= 0.3 is 5.97 Å². The molecule has 1 N–H and O–H groups in total. The zero-order chi connectivity index (χ0) is 22.1. The summed E-state index contributed by atoms with van der Waals surface area (Å²) in [5.74, 6) is 0.606. The van der Waals surface area contributed by atoms with Gasteiger partial charge in [-0.1, -0.05) is 30.3 Å². The number of para-hydroxylation sites is 2.